The van der Waals surface area contributed by atoms with Crippen molar-refractivity contribution < 1.29 is 4.52 Å². The minimum Gasteiger partial charge on any atom is -0.339 e. The minimum absolute atomic E-state index is 0.166. The first-order valence-electron chi connectivity index (χ1n) is 5.59. The third-order valence-corrected chi connectivity index (χ3v) is 2.16. The molecular weight excluding hydrogens is 202 g/mol. The van der Waals surface area contributed by atoms with Crippen LogP contribution in [-0.2, 0) is 12.8 Å². The number of rotatable bonds is 4. The van der Waals surface area contributed by atoms with Crippen molar-refractivity contribution in [2.75, 3.05) is 0 Å². The zero-order chi connectivity index (χ0) is 12.2. The van der Waals surface area contributed by atoms with Crippen LogP contribution >= 0.6 is 0 Å². The van der Waals surface area contributed by atoms with E-state index in [0.717, 1.165) is 12.2 Å². The van der Waals surface area contributed by atoms with Gasteiger partial charge in [-0.25, -0.2) is 0 Å². The van der Waals surface area contributed by atoms with E-state index in [0.29, 0.717) is 18.7 Å². The molecule has 1 heterocycles. The summed E-state index contributed by atoms with van der Waals surface area (Å²) in [6.07, 6.45) is 2.02. The van der Waals surface area contributed by atoms with Gasteiger partial charge in [-0.2, -0.15) is 10.2 Å². The first kappa shape index (κ1) is 12.7. The summed E-state index contributed by atoms with van der Waals surface area (Å²) in [6.45, 7) is 8.43. The Bertz CT molecular complexity index is 370. The van der Waals surface area contributed by atoms with E-state index in [1.54, 1.807) is 0 Å². The van der Waals surface area contributed by atoms with Crippen LogP contribution in [0.5, 0.6) is 0 Å². The average Bonchev–Trinajstić information content (AvgIpc) is 2.49. The van der Waals surface area contributed by atoms with Crippen molar-refractivity contribution in [3.8, 4) is 6.07 Å². The summed E-state index contributed by atoms with van der Waals surface area (Å²) in [5.41, 5.74) is 0.166. The normalized spacial score (nSPS) is 13.4. The van der Waals surface area contributed by atoms with E-state index in [4.69, 9.17) is 9.78 Å². The number of hydrogen-bond acceptors (Lipinski definition) is 4. The van der Waals surface area contributed by atoms with Gasteiger partial charge < -0.3 is 4.52 Å². The van der Waals surface area contributed by atoms with Gasteiger partial charge in [-0.05, 0) is 11.3 Å². The highest BCUT2D eigenvalue weighted by Gasteiger charge is 2.17. The van der Waals surface area contributed by atoms with Gasteiger partial charge in [-0.1, -0.05) is 32.9 Å². The molecular formula is C12H19N3O. The third kappa shape index (κ3) is 4.43. The largest absolute Gasteiger partial charge is 0.339 e. The molecule has 4 heteroatoms. The highest BCUT2D eigenvalue weighted by atomic mass is 16.5. The van der Waals surface area contributed by atoms with Gasteiger partial charge in [0, 0.05) is 19.3 Å². The highest BCUT2D eigenvalue weighted by molar-refractivity contribution is 4.91. The zero-order valence-corrected chi connectivity index (χ0v) is 10.4. The van der Waals surface area contributed by atoms with Crippen LogP contribution in [0.25, 0.3) is 0 Å². The predicted molar refractivity (Wildman–Crippen MR) is 60.6 cm³/mol. The monoisotopic (exact) mass is 221 g/mol. The van der Waals surface area contributed by atoms with Crippen molar-refractivity contribution in [3.05, 3.63) is 11.7 Å². The minimum atomic E-state index is 0.166. The summed E-state index contributed by atoms with van der Waals surface area (Å²) in [6, 6.07) is 2.14. The fourth-order valence-corrected chi connectivity index (χ4v) is 1.45. The van der Waals surface area contributed by atoms with E-state index in [1.807, 2.05) is 6.92 Å². The van der Waals surface area contributed by atoms with E-state index in [2.05, 4.69) is 37.0 Å². The maximum absolute atomic E-state index is 8.56. The van der Waals surface area contributed by atoms with E-state index in [-0.39, 0.29) is 11.3 Å². The van der Waals surface area contributed by atoms with Gasteiger partial charge in [0.1, 0.15) is 0 Å². The molecule has 1 aromatic rings. The average molecular weight is 221 g/mol. The molecule has 1 unspecified atom stereocenters. The number of nitriles is 1. The fourth-order valence-electron chi connectivity index (χ4n) is 1.45. The lowest BCUT2D eigenvalue weighted by molar-refractivity contribution is 0.343. The van der Waals surface area contributed by atoms with Gasteiger partial charge in [0.15, 0.2) is 5.82 Å². The summed E-state index contributed by atoms with van der Waals surface area (Å²) >= 11 is 0. The Morgan fingerprint density at radius 1 is 1.44 bits per heavy atom. The van der Waals surface area contributed by atoms with Crippen molar-refractivity contribution >= 4 is 0 Å². The Balaban J connectivity index is 2.55. The topological polar surface area (TPSA) is 62.7 Å². The van der Waals surface area contributed by atoms with E-state index >= 15 is 0 Å². The molecule has 16 heavy (non-hydrogen) atoms. The Labute approximate surface area is 96.7 Å². The van der Waals surface area contributed by atoms with Gasteiger partial charge >= 0.3 is 0 Å². The highest BCUT2D eigenvalue weighted by Crippen LogP contribution is 2.19. The van der Waals surface area contributed by atoms with Crippen molar-refractivity contribution in [1.29, 1.82) is 5.26 Å². The zero-order valence-electron chi connectivity index (χ0n) is 10.4. The molecule has 0 amide bonds. The van der Waals surface area contributed by atoms with Gasteiger partial charge in [0.2, 0.25) is 5.89 Å². The third-order valence-electron chi connectivity index (χ3n) is 2.16. The summed E-state index contributed by atoms with van der Waals surface area (Å²) in [5, 5.41) is 12.5. The molecule has 0 aliphatic rings. The lowest BCUT2D eigenvalue weighted by atomic mass is 9.92. The van der Waals surface area contributed by atoms with Crippen LogP contribution in [0.15, 0.2) is 4.52 Å². The van der Waals surface area contributed by atoms with Crippen molar-refractivity contribution in [2.24, 2.45) is 11.3 Å². The molecule has 4 nitrogen and oxygen atoms in total. The Hall–Kier alpha value is -1.37. The maximum Gasteiger partial charge on any atom is 0.226 e. The van der Waals surface area contributed by atoms with Crippen LogP contribution in [0.3, 0.4) is 0 Å². The SMILES string of the molecule is CC(CC#N)Cc1nc(CC(C)(C)C)no1. The van der Waals surface area contributed by atoms with Crippen LogP contribution in [0.4, 0.5) is 0 Å². The standard InChI is InChI=1S/C12H19N3O/c1-9(5-6-13)7-11-14-10(15-16-11)8-12(2,3)4/h9H,5,7-8H2,1-4H3. The van der Waals surface area contributed by atoms with E-state index in [1.165, 1.54) is 0 Å². The van der Waals surface area contributed by atoms with Crippen LogP contribution in [0, 0.1) is 22.7 Å². The molecule has 0 saturated carbocycles. The quantitative estimate of drug-likeness (QED) is 0.784. The molecule has 1 aromatic heterocycles. The van der Waals surface area contributed by atoms with Gasteiger partial charge in [0.05, 0.1) is 6.07 Å². The van der Waals surface area contributed by atoms with Crippen LogP contribution in [0.1, 0.15) is 45.8 Å². The second-order valence-corrected chi connectivity index (χ2v) is 5.51. The second-order valence-electron chi connectivity index (χ2n) is 5.51. The maximum atomic E-state index is 8.56. The summed E-state index contributed by atoms with van der Waals surface area (Å²) in [7, 11) is 0. The molecule has 1 atom stereocenters. The first-order chi connectivity index (χ1) is 7.40. The lowest BCUT2D eigenvalue weighted by Gasteiger charge is -2.14. The molecule has 0 aliphatic carbocycles. The lowest BCUT2D eigenvalue weighted by Crippen LogP contribution is -2.10. The summed E-state index contributed by atoms with van der Waals surface area (Å²) < 4.78 is 5.16. The smallest absolute Gasteiger partial charge is 0.226 e. The summed E-state index contributed by atoms with van der Waals surface area (Å²) in [4.78, 5) is 4.33. The predicted octanol–water partition coefficient (Wildman–Crippen LogP) is 2.75. The number of hydrogen-bond donors (Lipinski definition) is 0. The number of nitrogens with zero attached hydrogens (tertiary/aromatic N) is 3. The summed E-state index contributed by atoms with van der Waals surface area (Å²) in [5.74, 6) is 1.67. The van der Waals surface area contributed by atoms with Gasteiger partial charge in [0.25, 0.3) is 0 Å². The first-order valence-corrected chi connectivity index (χ1v) is 5.59. The van der Waals surface area contributed by atoms with Gasteiger partial charge in [-0.15, -0.1) is 0 Å². The molecule has 0 aliphatic heterocycles. The van der Waals surface area contributed by atoms with E-state index in [9.17, 15) is 0 Å². The van der Waals surface area contributed by atoms with E-state index < -0.39 is 0 Å². The van der Waals surface area contributed by atoms with Crippen molar-refractivity contribution in [1.82, 2.24) is 10.1 Å². The van der Waals surface area contributed by atoms with Crippen LogP contribution in [-0.4, -0.2) is 10.1 Å². The molecule has 0 N–H and O–H groups in total. The molecule has 1 rings (SSSR count). The number of aromatic nitrogens is 2. The molecule has 88 valence electrons. The molecule has 0 bridgehead atoms. The van der Waals surface area contributed by atoms with Gasteiger partial charge in [-0.3, -0.25) is 0 Å². The molecule has 0 fully saturated rings. The molecule has 0 radical (unpaired) electrons. The van der Waals surface area contributed by atoms with Crippen LogP contribution < -0.4 is 0 Å². The van der Waals surface area contributed by atoms with Crippen LogP contribution in [0.2, 0.25) is 0 Å². The Morgan fingerprint density at radius 3 is 2.69 bits per heavy atom. The Morgan fingerprint density at radius 2 is 2.12 bits per heavy atom. The molecule has 0 spiro atoms. The molecule has 0 aromatic carbocycles. The van der Waals surface area contributed by atoms with Crippen molar-refractivity contribution in [3.63, 3.8) is 0 Å². The van der Waals surface area contributed by atoms with Crippen molar-refractivity contribution in [2.45, 2.75) is 47.0 Å². The fraction of sp³-hybridized carbons (Fsp3) is 0.750. The Kier molecular flexibility index (Phi) is 4.05. The molecule has 0 saturated heterocycles. The second kappa shape index (κ2) is 5.11.